The van der Waals surface area contributed by atoms with Gasteiger partial charge in [0, 0.05) is 31.7 Å². The first-order valence-corrected chi connectivity index (χ1v) is 7.07. The van der Waals surface area contributed by atoms with E-state index in [1.54, 1.807) is 7.11 Å². The minimum absolute atomic E-state index is 0.0350. The van der Waals surface area contributed by atoms with Crippen LogP contribution in [0.1, 0.15) is 24.5 Å². The van der Waals surface area contributed by atoms with Gasteiger partial charge in [-0.2, -0.15) is 0 Å². The number of benzene rings is 1. The Labute approximate surface area is 120 Å². The molecule has 1 aliphatic heterocycles. The highest BCUT2D eigenvalue weighted by Gasteiger charge is 2.27. The standard InChI is InChI=1S/C15H23N3O2/c1-3-13-15(19)17-6-7-18(13)10-11-4-5-14(20-2)12(8-11)9-16/h4-5,8,13H,3,6-7,9-10,16H2,1-2H3,(H,17,19). The molecule has 0 bridgehead atoms. The van der Waals surface area contributed by atoms with Crippen LogP contribution >= 0.6 is 0 Å². The number of hydrogen-bond acceptors (Lipinski definition) is 4. The zero-order valence-electron chi connectivity index (χ0n) is 12.2. The zero-order chi connectivity index (χ0) is 14.5. The highest BCUT2D eigenvalue weighted by Crippen LogP contribution is 2.21. The number of carbonyl (C=O) groups excluding carboxylic acids is 1. The number of methoxy groups -OCH3 is 1. The zero-order valence-corrected chi connectivity index (χ0v) is 12.2. The van der Waals surface area contributed by atoms with Crippen molar-refractivity contribution < 1.29 is 9.53 Å². The third kappa shape index (κ3) is 3.11. The molecule has 3 N–H and O–H groups in total. The third-order valence-corrected chi connectivity index (χ3v) is 3.78. The Kier molecular flexibility index (Phi) is 4.98. The first-order valence-electron chi connectivity index (χ1n) is 7.07. The largest absolute Gasteiger partial charge is 0.496 e. The second-order valence-corrected chi connectivity index (χ2v) is 5.04. The average Bonchev–Trinajstić information content (AvgIpc) is 2.47. The molecule has 5 nitrogen and oxygen atoms in total. The van der Waals surface area contributed by atoms with Crippen molar-refractivity contribution in [2.75, 3.05) is 20.2 Å². The summed E-state index contributed by atoms with van der Waals surface area (Å²) in [6, 6.07) is 6.02. The second kappa shape index (κ2) is 6.72. The van der Waals surface area contributed by atoms with Gasteiger partial charge in [-0.05, 0) is 24.1 Å². The normalized spacial score (nSPS) is 19.8. The molecule has 110 valence electrons. The maximum atomic E-state index is 11.9. The average molecular weight is 277 g/mol. The van der Waals surface area contributed by atoms with Crippen molar-refractivity contribution in [3.63, 3.8) is 0 Å². The van der Waals surface area contributed by atoms with Crippen LogP contribution in [0.15, 0.2) is 18.2 Å². The Hall–Kier alpha value is -1.59. The second-order valence-electron chi connectivity index (χ2n) is 5.04. The summed E-state index contributed by atoms with van der Waals surface area (Å²) in [5.74, 6) is 0.950. The van der Waals surface area contributed by atoms with E-state index in [9.17, 15) is 4.79 Å². The van der Waals surface area contributed by atoms with Crippen molar-refractivity contribution in [1.29, 1.82) is 0 Å². The van der Waals surface area contributed by atoms with E-state index in [0.29, 0.717) is 6.54 Å². The van der Waals surface area contributed by atoms with E-state index >= 15 is 0 Å². The molecule has 1 aromatic carbocycles. The van der Waals surface area contributed by atoms with E-state index in [0.717, 1.165) is 37.4 Å². The molecule has 1 aromatic rings. The summed E-state index contributed by atoms with van der Waals surface area (Å²) in [7, 11) is 1.65. The van der Waals surface area contributed by atoms with Gasteiger partial charge in [-0.1, -0.05) is 13.0 Å². The lowest BCUT2D eigenvalue weighted by Crippen LogP contribution is -2.54. The Bertz CT molecular complexity index is 476. The quantitative estimate of drug-likeness (QED) is 0.838. The van der Waals surface area contributed by atoms with Crippen LogP contribution in [0.5, 0.6) is 5.75 Å². The summed E-state index contributed by atoms with van der Waals surface area (Å²) in [6.45, 7) is 4.86. The SMILES string of the molecule is CCC1C(=O)NCCN1Cc1ccc(OC)c(CN)c1. The van der Waals surface area contributed by atoms with Gasteiger partial charge in [0.15, 0.2) is 0 Å². The van der Waals surface area contributed by atoms with Gasteiger partial charge in [0.05, 0.1) is 13.2 Å². The summed E-state index contributed by atoms with van der Waals surface area (Å²) in [6.07, 6.45) is 0.825. The molecule has 20 heavy (non-hydrogen) atoms. The number of nitrogens with one attached hydrogen (secondary N) is 1. The maximum Gasteiger partial charge on any atom is 0.237 e. The Balaban J connectivity index is 2.14. The van der Waals surface area contributed by atoms with E-state index in [1.807, 2.05) is 19.1 Å². The predicted octanol–water partition coefficient (Wildman–Crippen LogP) is 0.864. The monoisotopic (exact) mass is 277 g/mol. The topological polar surface area (TPSA) is 67.6 Å². The van der Waals surface area contributed by atoms with Gasteiger partial charge in [-0.15, -0.1) is 0 Å². The van der Waals surface area contributed by atoms with Gasteiger partial charge in [0.25, 0.3) is 0 Å². The summed E-state index contributed by atoms with van der Waals surface area (Å²) < 4.78 is 5.28. The smallest absolute Gasteiger partial charge is 0.237 e. The molecular weight excluding hydrogens is 254 g/mol. The number of amides is 1. The predicted molar refractivity (Wildman–Crippen MR) is 78.4 cm³/mol. The van der Waals surface area contributed by atoms with Crippen molar-refractivity contribution in [2.24, 2.45) is 5.73 Å². The summed E-state index contributed by atoms with van der Waals surface area (Å²) >= 11 is 0. The first kappa shape index (κ1) is 14.8. The molecule has 2 rings (SSSR count). The number of carbonyl (C=O) groups is 1. The lowest BCUT2D eigenvalue weighted by atomic mass is 10.1. The molecule has 1 unspecified atom stereocenters. The fraction of sp³-hybridized carbons (Fsp3) is 0.533. The fourth-order valence-corrected chi connectivity index (χ4v) is 2.72. The van der Waals surface area contributed by atoms with E-state index in [4.69, 9.17) is 10.5 Å². The molecule has 0 aromatic heterocycles. The van der Waals surface area contributed by atoms with Gasteiger partial charge < -0.3 is 15.8 Å². The lowest BCUT2D eigenvalue weighted by molar-refractivity contribution is -0.129. The molecule has 1 aliphatic rings. The Morgan fingerprint density at radius 3 is 2.95 bits per heavy atom. The van der Waals surface area contributed by atoms with Crippen molar-refractivity contribution >= 4 is 5.91 Å². The van der Waals surface area contributed by atoms with Gasteiger partial charge in [-0.3, -0.25) is 9.69 Å². The van der Waals surface area contributed by atoms with Crippen molar-refractivity contribution in [1.82, 2.24) is 10.2 Å². The molecular formula is C15H23N3O2. The number of hydrogen-bond donors (Lipinski definition) is 2. The molecule has 0 spiro atoms. The molecule has 0 aliphatic carbocycles. The third-order valence-electron chi connectivity index (χ3n) is 3.78. The molecule has 5 heteroatoms. The van der Waals surface area contributed by atoms with Crippen LogP contribution in [-0.4, -0.2) is 37.0 Å². The van der Waals surface area contributed by atoms with Gasteiger partial charge >= 0.3 is 0 Å². The number of rotatable bonds is 5. The molecule has 1 atom stereocenters. The van der Waals surface area contributed by atoms with Crippen LogP contribution in [0.4, 0.5) is 0 Å². The van der Waals surface area contributed by atoms with E-state index in [-0.39, 0.29) is 11.9 Å². The van der Waals surface area contributed by atoms with Gasteiger partial charge in [0.2, 0.25) is 5.91 Å². The van der Waals surface area contributed by atoms with Crippen molar-refractivity contribution in [3.05, 3.63) is 29.3 Å². The van der Waals surface area contributed by atoms with E-state index in [1.165, 1.54) is 5.56 Å². The van der Waals surface area contributed by atoms with E-state index in [2.05, 4.69) is 16.3 Å². The summed E-state index contributed by atoms with van der Waals surface area (Å²) in [5, 5.41) is 2.92. The van der Waals surface area contributed by atoms with Crippen LogP contribution in [0.25, 0.3) is 0 Å². The molecule has 1 fully saturated rings. The fourth-order valence-electron chi connectivity index (χ4n) is 2.72. The number of nitrogens with zero attached hydrogens (tertiary/aromatic N) is 1. The number of nitrogens with two attached hydrogens (primary N) is 1. The lowest BCUT2D eigenvalue weighted by Gasteiger charge is -2.34. The maximum absolute atomic E-state index is 11.9. The number of piperazine rings is 1. The van der Waals surface area contributed by atoms with Gasteiger partial charge in [-0.25, -0.2) is 0 Å². The van der Waals surface area contributed by atoms with Crippen LogP contribution in [0.2, 0.25) is 0 Å². The minimum Gasteiger partial charge on any atom is -0.496 e. The summed E-state index contributed by atoms with van der Waals surface area (Å²) in [4.78, 5) is 14.1. The molecule has 1 amide bonds. The van der Waals surface area contributed by atoms with Crippen LogP contribution in [-0.2, 0) is 17.9 Å². The summed E-state index contributed by atoms with van der Waals surface area (Å²) in [5.41, 5.74) is 7.91. The highest BCUT2D eigenvalue weighted by molar-refractivity contribution is 5.82. The van der Waals surface area contributed by atoms with Gasteiger partial charge in [0.1, 0.15) is 5.75 Å². The Morgan fingerprint density at radius 1 is 1.50 bits per heavy atom. The molecule has 1 saturated heterocycles. The van der Waals surface area contributed by atoms with Crippen LogP contribution in [0, 0.1) is 0 Å². The van der Waals surface area contributed by atoms with Crippen molar-refractivity contribution in [3.8, 4) is 5.75 Å². The number of ether oxygens (including phenoxy) is 1. The Morgan fingerprint density at radius 2 is 2.30 bits per heavy atom. The minimum atomic E-state index is -0.0350. The van der Waals surface area contributed by atoms with Crippen molar-refractivity contribution in [2.45, 2.75) is 32.5 Å². The molecule has 0 saturated carbocycles. The molecule has 0 radical (unpaired) electrons. The van der Waals surface area contributed by atoms with Crippen LogP contribution in [0.3, 0.4) is 0 Å². The first-order chi connectivity index (χ1) is 9.69. The van der Waals surface area contributed by atoms with E-state index < -0.39 is 0 Å². The highest BCUT2D eigenvalue weighted by atomic mass is 16.5. The molecule has 1 heterocycles. The van der Waals surface area contributed by atoms with Crippen LogP contribution < -0.4 is 15.8 Å².